The van der Waals surface area contributed by atoms with E-state index in [0.717, 1.165) is 0 Å². The van der Waals surface area contributed by atoms with Gasteiger partial charge in [-0.05, 0) is 36.2 Å². The predicted octanol–water partition coefficient (Wildman–Crippen LogP) is 2.63. The summed E-state index contributed by atoms with van der Waals surface area (Å²) in [5, 5.41) is 15.0. The maximum absolute atomic E-state index is 13.1. The van der Waals surface area contributed by atoms with E-state index in [0.29, 0.717) is 22.6 Å². The second-order valence-electron chi connectivity index (χ2n) is 7.02. The molecule has 0 aliphatic carbocycles. The molecule has 2 unspecified atom stereocenters. The molecule has 0 bridgehead atoms. The molecule has 7 heteroatoms. The summed E-state index contributed by atoms with van der Waals surface area (Å²) in [5.41, 5.74) is 0.750. The van der Waals surface area contributed by atoms with Gasteiger partial charge in [0.25, 0.3) is 0 Å². The summed E-state index contributed by atoms with van der Waals surface area (Å²) in [6.45, 7) is 1.66. The zero-order valence-corrected chi connectivity index (χ0v) is 15.7. The van der Waals surface area contributed by atoms with Gasteiger partial charge in [-0.1, -0.05) is 30.3 Å². The van der Waals surface area contributed by atoms with Crippen LogP contribution >= 0.6 is 0 Å². The maximum Gasteiger partial charge on any atom is 0.306 e. The Hall–Kier alpha value is -3.35. The number of anilines is 1. The second-order valence-corrected chi connectivity index (χ2v) is 7.02. The summed E-state index contributed by atoms with van der Waals surface area (Å²) >= 11 is 0. The van der Waals surface area contributed by atoms with Crippen molar-refractivity contribution in [3.05, 3.63) is 59.7 Å². The van der Waals surface area contributed by atoms with Crippen LogP contribution in [0.25, 0.3) is 0 Å². The molecule has 3 N–H and O–H groups in total. The first-order valence-electron chi connectivity index (χ1n) is 8.89. The predicted molar refractivity (Wildman–Crippen MR) is 103 cm³/mol. The highest BCUT2D eigenvalue weighted by Gasteiger charge is 2.37. The fourth-order valence-electron chi connectivity index (χ4n) is 3.49. The minimum absolute atomic E-state index is 0.00408. The molecule has 2 aromatic carbocycles. The number of aliphatic carboxylic acids is 1. The number of benzene rings is 2. The zero-order chi connectivity index (χ0) is 20.3. The maximum atomic E-state index is 13.1. The van der Waals surface area contributed by atoms with E-state index in [1.54, 1.807) is 55.5 Å². The van der Waals surface area contributed by atoms with Crippen molar-refractivity contribution in [3.63, 3.8) is 0 Å². The van der Waals surface area contributed by atoms with E-state index >= 15 is 0 Å². The van der Waals surface area contributed by atoms with E-state index in [1.807, 2.05) is 0 Å². The van der Waals surface area contributed by atoms with Crippen molar-refractivity contribution in [2.75, 3.05) is 12.4 Å². The molecule has 3 rings (SSSR count). The normalized spacial score (nSPS) is 17.6. The first-order chi connectivity index (χ1) is 13.3. The number of nitrogens with one attached hydrogen (secondary N) is 2. The smallest absolute Gasteiger partial charge is 0.306 e. The Balaban J connectivity index is 1.94. The highest BCUT2D eigenvalue weighted by Crippen LogP contribution is 2.34. The van der Waals surface area contributed by atoms with Crippen LogP contribution in [0.2, 0.25) is 0 Å². The number of fused-ring (bicyclic) bond motifs is 1. The molecule has 2 aromatic rings. The van der Waals surface area contributed by atoms with Crippen LogP contribution < -0.4 is 15.4 Å². The quantitative estimate of drug-likeness (QED) is 0.712. The van der Waals surface area contributed by atoms with Gasteiger partial charge in [-0.25, -0.2) is 0 Å². The molecule has 0 fully saturated rings. The van der Waals surface area contributed by atoms with Crippen LogP contribution in [-0.2, 0) is 19.9 Å². The largest absolute Gasteiger partial charge is 0.497 e. The number of hydrogen-bond donors (Lipinski definition) is 3. The van der Waals surface area contributed by atoms with Crippen molar-refractivity contribution >= 4 is 23.5 Å². The lowest BCUT2D eigenvalue weighted by Crippen LogP contribution is -2.48. The summed E-state index contributed by atoms with van der Waals surface area (Å²) in [7, 11) is 1.52. The van der Waals surface area contributed by atoms with E-state index < -0.39 is 23.3 Å². The Bertz CT molecular complexity index is 927. The van der Waals surface area contributed by atoms with Crippen molar-refractivity contribution < 1.29 is 24.2 Å². The first-order valence-corrected chi connectivity index (χ1v) is 8.89. The third kappa shape index (κ3) is 3.98. The number of rotatable bonds is 6. The van der Waals surface area contributed by atoms with E-state index in [-0.39, 0.29) is 18.7 Å². The van der Waals surface area contributed by atoms with Gasteiger partial charge >= 0.3 is 5.97 Å². The Morgan fingerprint density at radius 3 is 2.71 bits per heavy atom. The average molecular weight is 382 g/mol. The van der Waals surface area contributed by atoms with Gasteiger partial charge in [-0.3, -0.25) is 14.4 Å². The van der Waals surface area contributed by atoms with Crippen molar-refractivity contribution in [1.29, 1.82) is 0 Å². The lowest BCUT2D eigenvalue weighted by atomic mass is 9.85. The van der Waals surface area contributed by atoms with E-state index in [9.17, 15) is 19.5 Å². The topological polar surface area (TPSA) is 105 Å². The van der Waals surface area contributed by atoms with Crippen LogP contribution in [0, 0.1) is 0 Å². The molecule has 7 nitrogen and oxygen atoms in total. The number of para-hydroxylation sites is 1. The van der Waals surface area contributed by atoms with Crippen LogP contribution in [0.5, 0.6) is 5.75 Å². The second kappa shape index (κ2) is 7.72. The van der Waals surface area contributed by atoms with Gasteiger partial charge in [-0.2, -0.15) is 0 Å². The zero-order valence-electron chi connectivity index (χ0n) is 15.7. The lowest BCUT2D eigenvalue weighted by Gasteiger charge is -2.33. The van der Waals surface area contributed by atoms with Gasteiger partial charge in [-0.15, -0.1) is 0 Å². The minimum atomic E-state index is -1.17. The van der Waals surface area contributed by atoms with Crippen LogP contribution in [0.4, 0.5) is 5.69 Å². The molecule has 0 aromatic heterocycles. The Morgan fingerprint density at radius 2 is 2.00 bits per heavy atom. The van der Waals surface area contributed by atoms with Crippen LogP contribution in [0.1, 0.15) is 36.8 Å². The molecule has 1 aliphatic heterocycles. The molecular weight excluding hydrogens is 360 g/mol. The van der Waals surface area contributed by atoms with Gasteiger partial charge in [0, 0.05) is 12.1 Å². The molecule has 0 saturated carbocycles. The number of carbonyl (C=O) groups is 3. The molecule has 1 aliphatic rings. The van der Waals surface area contributed by atoms with Gasteiger partial charge in [0.05, 0.1) is 25.0 Å². The Morgan fingerprint density at radius 1 is 1.25 bits per heavy atom. The summed E-state index contributed by atoms with van der Waals surface area (Å²) in [4.78, 5) is 36.7. The van der Waals surface area contributed by atoms with Gasteiger partial charge in [0.2, 0.25) is 11.8 Å². The molecule has 0 spiro atoms. The highest BCUT2D eigenvalue weighted by atomic mass is 16.5. The third-order valence-electron chi connectivity index (χ3n) is 4.93. The fourth-order valence-corrected chi connectivity index (χ4v) is 3.49. The van der Waals surface area contributed by atoms with Gasteiger partial charge in [0.15, 0.2) is 0 Å². The standard InChI is InChI=1S/C21H22N2O5/c1-21(12-19(25)26,13-6-5-7-14(10-13)28-2)23-20(27)16-11-18(24)22-17-9-4-3-8-15(16)17/h3-10,16H,11-12H2,1-2H3,(H,22,24)(H,23,27)(H,25,26). The number of amides is 2. The van der Waals surface area contributed by atoms with Crippen LogP contribution in [-0.4, -0.2) is 30.0 Å². The van der Waals surface area contributed by atoms with E-state index in [4.69, 9.17) is 4.74 Å². The summed E-state index contributed by atoms with van der Waals surface area (Å²) in [6.07, 6.45) is -0.309. The molecule has 146 valence electrons. The molecule has 0 radical (unpaired) electrons. The summed E-state index contributed by atoms with van der Waals surface area (Å²) < 4.78 is 5.22. The SMILES string of the molecule is COc1cccc(C(C)(CC(=O)O)NC(=O)C2CC(=O)Nc3ccccc32)c1. The molecule has 1 heterocycles. The molecular formula is C21H22N2O5. The molecule has 2 atom stereocenters. The van der Waals surface area contributed by atoms with Gasteiger partial charge in [0.1, 0.15) is 5.75 Å². The summed E-state index contributed by atoms with van der Waals surface area (Å²) in [5.74, 6) is -1.82. The fraction of sp³-hybridized carbons (Fsp3) is 0.286. The number of hydrogen-bond acceptors (Lipinski definition) is 4. The number of carboxylic acid groups (broad SMARTS) is 1. The first kappa shape index (κ1) is 19.4. The van der Waals surface area contributed by atoms with Gasteiger partial charge < -0.3 is 20.5 Å². The monoisotopic (exact) mass is 382 g/mol. The lowest BCUT2D eigenvalue weighted by molar-refractivity contribution is -0.139. The molecule has 0 saturated heterocycles. The van der Waals surface area contributed by atoms with Crippen molar-refractivity contribution in [2.45, 2.75) is 31.2 Å². The molecule has 2 amide bonds. The highest BCUT2D eigenvalue weighted by molar-refractivity contribution is 6.01. The van der Waals surface area contributed by atoms with E-state index in [2.05, 4.69) is 10.6 Å². The third-order valence-corrected chi connectivity index (χ3v) is 4.93. The van der Waals surface area contributed by atoms with E-state index in [1.165, 1.54) is 7.11 Å². The number of ether oxygens (including phenoxy) is 1. The number of carbonyl (C=O) groups excluding carboxylic acids is 2. The minimum Gasteiger partial charge on any atom is -0.497 e. The van der Waals surface area contributed by atoms with Crippen molar-refractivity contribution in [1.82, 2.24) is 5.32 Å². The Kier molecular flexibility index (Phi) is 5.35. The van der Waals surface area contributed by atoms with Crippen molar-refractivity contribution in [3.8, 4) is 5.75 Å². The molecule has 28 heavy (non-hydrogen) atoms. The number of methoxy groups -OCH3 is 1. The van der Waals surface area contributed by atoms with Crippen molar-refractivity contribution in [2.24, 2.45) is 0 Å². The number of carboxylic acids is 1. The van der Waals surface area contributed by atoms with Crippen LogP contribution in [0.3, 0.4) is 0 Å². The Labute approximate surface area is 162 Å². The average Bonchev–Trinajstić information content (AvgIpc) is 2.66. The summed E-state index contributed by atoms with van der Waals surface area (Å²) in [6, 6.07) is 14.0. The van der Waals surface area contributed by atoms with Crippen LogP contribution in [0.15, 0.2) is 48.5 Å².